The van der Waals surface area contributed by atoms with E-state index in [4.69, 9.17) is 4.74 Å². The molecule has 21 heavy (non-hydrogen) atoms. The van der Waals surface area contributed by atoms with Crippen molar-refractivity contribution in [1.82, 2.24) is 5.32 Å². The Bertz CT molecular complexity index is 446. The van der Waals surface area contributed by atoms with Gasteiger partial charge in [0.05, 0.1) is 6.61 Å². The van der Waals surface area contributed by atoms with E-state index in [0.29, 0.717) is 5.92 Å². The lowest BCUT2D eigenvalue weighted by atomic mass is 10.1. The van der Waals surface area contributed by atoms with Crippen LogP contribution in [0.2, 0.25) is 0 Å². The molecule has 1 aromatic carbocycles. The Labute approximate surface area is 137 Å². The van der Waals surface area contributed by atoms with Crippen LogP contribution in [0.3, 0.4) is 0 Å². The Morgan fingerprint density at radius 1 is 1.38 bits per heavy atom. The zero-order valence-electron chi connectivity index (χ0n) is 13.4. The largest absolute Gasteiger partial charge is 0.383 e. The van der Waals surface area contributed by atoms with Crippen LogP contribution in [0.25, 0.3) is 0 Å². The number of nitrogens with one attached hydrogen (secondary N) is 1. The molecule has 2 rings (SSSR count). The van der Waals surface area contributed by atoms with Crippen molar-refractivity contribution >= 4 is 21.6 Å². The predicted molar refractivity (Wildman–Crippen MR) is 92.9 cm³/mol. The summed E-state index contributed by atoms with van der Waals surface area (Å²) in [4.78, 5) is 2.40. The third kappa shape index (κ3) is 5.61. The topological polar surface area (TPSA) is 24.5 Å². The minimum atomic E-state index is 0.636. The van der Waals surface area contributed by atoms with Gasteiger partial charge in [-0.3, -0.25) is 0 Å². The summed E-state index contributed by atoms with van der Waals surface area (Å²) in [5.41, 5.74) is 2.60. The maximum absolute atomic E-state index is 5.24. The first-order valence-electron chi connectivity index (χ1n) is 7.86. The van der Waals surface area contributed by atoms with Crippen molar-refractivity contribution in [3.8, 4) is 0 Å². The maximum atomic E-state index is 5.24. The van der Waals surface area contributed by atoms with Gasteiger partial charge in [0, 0.05) is 42.9 Å². The first-order chi connectivity index (χ1) is 10.1. The van der Waals surface area contributed by atoms with Gasteiger partial charge in [-0.15, -0.1) is 0 Å². The molecule has 1 N–H and O–H groups in total. The standard InChI is InChI=1S/C17H27BrN2O/c1-13(2)12-20(8-9-21-3)16-7-4-14(17(18)10-16)11-19-15-5-6-15/h4,7,10,13,15,19H,5-6,8-9,11-12H2,1-3H3. The highest BCUT2D eigenvalue weighted by Crippen LogP contribution is 2.26. The summed E-state index contributed by atoms with van der Waals surface area (Å²) in [7, 11) is 1.76. The number of hydrogen-bond acceptors (Lipinski definition) is 3. The number of hydrogen-bond donors (Lipinski definition) is 1. The Kier molecular flexibility index (Phi) is 6.52. The number of methoxy groups -OCH3 is 1. The molecule has 1 saturated carbocycles. The number of ether oxygens (including phenoxy) is 1. The summed E-state index contributed by atoms with van der Waals surface area (Å²) in [5, 5.41) is 3.57. The smallest absolute Gasteiger partial charge is 0.0637 e. The van der Waals surface area contributed by atoms with E-state index in [0.717, 1.165) is 32.3 Å². The van der Waals surface area contributed by atoms with E-state index in [9.17, 15) is 0 Å². The summed E-state index contributed by atoms with van der Waals surface area (Å²) in [6.45, 7) is 8.20. The molecule has 0 aliphatic heterocycles. The van der Waals surface area contributed by atoms with E-state index in [1.807, 2.05) is 0 Å². The fraction of sp³-hybridized carbons (Fsp3) is 0.647. The molecule has 118 valence electrons. The summed E-state index contributed by atoms with van der Waals surface area (Å²) in [6.07, 6.45) is 2.66. The number of anilines is 1. The zero-order chi connectivity index (χ0) is 15.2. The van der Waals surface area contributed by atoms with Crippen molar-refractivity contribution < 1.29 is 4.74 Å². The second-order valence-corrected chi connectivity index (χ2v) is 7.12. The molecule has 3 nitrogen and oxygen atoms in total. The zero-order valence-corrected chi connectivity index (χ0v) is 14.9. The van der Waals surface area contributed by atoms with Crippen LogP contribution in [0.5, 0.6) is 0 Å². The van der Waals surface area contributed by atoms with E-state index in [1.54, 1.807) is 7.11 Å². The monoisotopic (exact) mass is 354 g/mol. The quantitative estimate of drug-likeness (QED) is 0.729. The first kappa shape index (κ1) is 16.8. The van der Waals surface area contributed by atoms with E-state index in [-0.39, 0.29) is 0 Å². The molecule has 0 amide bonds. The molecular formula is C17H27BrN2O. The molecule has 0 unspecified atom stereocenters. The highest BCUT2D eigenvalue weighted by Gasteiger charge is 2.20. The van der Waals surface area contributed by atoms with Crippen LogP contribution in [0.4, 0.5) is 5.69 Å². The number of nitrogens with zero attached hydrogens (tertiary/aromatic N) is 1. The summed E-state index contributed by atoms with van der Waals surface area (Å²) >= 11 is 3.72. The van der Waals surface area contributed by atoms with Crippen molar-refractivity contribution in [2.24, 2.45) is 5.92 Å². The lowest BCUT2D eigenvalue weighted by Gasteiger charge is -2.27. The lowest BCUT2D eigenvalue weighted by molar-refractivity contribution is 0.204. The van der Waals surface area contributed by atoms with Crippen molar-refractivity contribution in [3.63, 3.8) is 0 Å². The van der Waals surface area contributed by atoms with Crippen LogP contribution < -0.4 is 10.2 Å². The summed E-state index contributed by atoms with van der Waals surface area (Å²) in [6, 6.07) is 7.44. The van der Waals surface area contributed by atoms with Gasteiger partial charge in [-0.2, -0.15) is 0 Å². The minimum absolute atomic E-state index is 0.636. The van der Waals surface area contributed by atoms with Gasteiger partial charge in [-0.25, -0.2) is 0 Å². The second-order valence-electron chi connectivity index (χ2n) is 6.26. The average Bonchev–Trinajstić information content (AvgIpc) is 3.26. The molecule has 0 atom stereocenters. The van der Waals surface area contributed by atoms with Gasteiger partial charge >= 0.3 is 0 Å². The van der Waals surface area contributed by atoms with Gasteiger partial charge < -0.3 is 15.0 Å². The van der Waals surface area contributed by atoms with Gasteiger partial charge in [0.25, 0.3) is 0 Å². The van der Waals surface area contributed by atoms with Gasteiger partial charge in [-0.1, -0.05) is 35.8 Å². The van der Waals surface area contributed by atoms with E-state index in [2.05, 4.69) is 58.2 Å². The van der Waals surface area contributed by atoms with Crippen molar-refractivity contribution in [3.05, 3.63) is 28.2 Å². The molecule has 0 spiro atoms. The van der Waals surface area contributed by atoms with Crippen molar-refractivity contribution in [2.45, 2.75) is 39.3 Å². The van der Waals surface area contributed by atoms with Crippen LogP contribution >= 0.6 is 15.9 Å². The molecular weight excluding hydrogens is 328 g/mol. The SMILES string of the molecule is COCCN(CC(C)C)c1ccc(CNC2CC2)c(Br)c1. The Morgan fingerprint density at radius 3 is 2.71 bits per heavy atom. The summed E-state index contributed by atoms with van der Waals surface area (Å²) in [5.74, 6) is 0.636. The molecule has 1 fully saturated rings. The Balaban J connectivity index is 2.02. The molecule has 1 aromatic rings. The van der Waals surface area contributed by atoms with Crippen LogP contribution in [-0.2, 0) is 11.3 Å². The van der Waals surface area contributed by atoms with Gasteiger partial charge in [0.15, 0.2) is 0 Å². The van der Waals surface area contributed by atoms with Crippen molar-refractivity contribution in [1.29, 1.82) is 0 Å². The number of benzene rings is 1. The molecule has 4 heteroatoms. The van der Waals surface area contributed by atoms with Crippen molar-refractivity contribution in [2.75, 3.05) is 31.7 Å². The van der Waals surface area contributed by atoms with Crippen LogP contribution in [0, 0.1) is 5.92 Å². The molecule has 0 aromatic heterocycles. The van der Waals surface area contributed by atoms with Crippen LogP contribution in [-0.4, -0.2) is 32.8 Å². The number of rotatable bonds is 9. The predicted octanol–water partition coefficient (Wildman–Crippen LogP) is 3.81. The molecule has 0 saturated heterocycles. The average molecular weight is 355 g/mol. The fourth-order valence-corrected chi connectivity index (χ4v) is 2.89. The van der Waals surface area contributed by atoms with E-state index < -0.39 is 0 Å². The molecule has 0 heterocycles. The van der Waals surface area contributed by atoms with Crippen LogP contribution in [0.15, 0.2) is 22.7 Å². The van der Waals surface area contributed by atoms with E-state index in [1.165, 1.54) is 28.6 Å². The fourth-order valence-electron chi connectivity index (χ4n) is 2.39. The van der Waals surface area contributed by atoms with E-state index >= 15 is 0 Å². The highest BCUT2D eigenvalue weighted by atomic mass is 79.9. The minimum Gasteiger partial charge on any atom is -0.383 e. The first-order valence-corrected chi connectivity index (χ1v) is 8.65. The molecule has 0 radical (unpaired) electrons. The van der Waals surface area contributed by atoms with Gasteiger partial charge in [0.1, 0.15) is 0 Å². The normalized spacial score (nSPS) is 14.7. The number of halogens is 1. The second kappa shape index (κ2) is 8.16. The Morgan fingerprint density at radius 2 is 2.14 bits per heavy atom. The molecule has 0 bridgehead atoms. The van der Waals surface area contributed by atoms with Gasteiger partial charge in [0.2, 0.25) is 0 Å². The lowest BCUT2D eigenvalue weighted by Crippen LogP contribution is -2.31. The Hall–Kier alpha value is -0.580. The highest BCUT2D eigenvalue weighted by molar-refractivity contribution is 9.10. The molecule has 1 aliphatic carbocycles. The maximum Gasteiger partial charge on any atom is 0.0637 e. The molecule has 1 aliphatic rings. The third-order valence-corrected chi connectivity index (χ3v) is 4.45. The third-order valence-electron chi connectivity index (χ3n) is 3.71. The summed E-state index contributed by atoms with van der Waals surface area (Å²) < 4.78 is 6.43. The van der Waals surface area contributed by atoms with Gasteiger partial charge in [-0.05, 0) is 36.5 Å². The van der Waals surface area contributed by atoms with Crippen LogP contribution in [0.1, 0.15) is 32.3 Å².